The van der Waals surface area contributed by atoms with Crippen molar-refractivity contribution in [1.82, 2.24) is 20.3 Å². The maximum absolute atomic E-state index is 12.1. The van der Waals surface area contributed by atoms with Gasteiger partial charge in [0, 0.05) is 5.56 Å². The van der Waals surface area contributed by atoms with E-state index in [2.05, 4.69) is 15.6 Å². The Kier molecular flexibility index (Phi) is 4.49. The second kappa shape index (κ2) is 6.89. The van der Waals surface area contributed by atoms with E-state index < -0.39 is 6.04 Å². The fourth-order valence-corrected chi connectivity index (χ4v) is 2.20. The summed E-state index contributed by atoms with van der Waals surface area (Å²) >= 11 is 0. The van der Waals surface area contributed by atoms with Crippen LogP contribution in [0.5, 0.6) is 0 Å². The van der Waals surface area contributed by atoms with Crippen molar-refractivity contribution in [2.45, 2.75) is 12.6 Å². The molecule has 0 saturated carbocycles. The van der Waals surface area contributed by atoms with Crippen molar-refractivity contribution in [1.29, 1.82) is 0 Å². The molecule has 1 aromatic carbocycles. The largest absolute Gasteiger partial charge is 0.467 e. The van der Waals surface area contributed by atoms with E-state index in [0.717, 1.165) is 5.56 Å². The molecule has 2 aromatic heterocycles. The Labute approximate surface area is 132 Å². The molecule has 23 heavy (non-hydrogen) atoms. The van der Waals surface area contributed by atoms with Gasteiger partial charge in [-0.05, 0) is 12.1 Å². The highest BCUT2D eigenvalue weighted by molar-refractivity contribution is 5.76. The summed E-state index contributed by atoms with van der Waals surface area (Å²) in [5.41, 5.74) is 1.63. The van der Waals surface area contributed by atoms with Gasteiger partial charge in [0.2, 0.25) is 5.91 Å². The Balaban J connectivity index is 1.63. The monoisotopic (exact) mass is 312 g/mol. The second-order valence-electron chi connectivity index (χ2n) is 4.99. The molecule has 2 heterocycles. The molecule has 0 aliphatic carbocycles. The summed E-state index contributed by atoms with van der Waals surface area (Å²) in [6.45, 7) is -0.233. The molecular formula is C16H16N4O3. The molecule has 1 unspecified atom stereocenters. The average Bonchev–Trinajstić information content (AvgIpc) is 3.25. The SMILES string of the molecule is O=C(Cn1cc(-c2ccccc2)nn1)NC(CO)c1ccco1. The van der Waals surface area contributed by atoms with E-state index in [0.29, 0.717) is 11.5 Å². The summed E-state index contributed by atoms with van der Waals surface area (Å²) in [5, 5.41) is 20.1. The van der Waals surface area contributed by atoms with E-state index in [1.54, 1.807) is 18.3 Å². The minimum absolute atomic E-state index is 0.0110. The molecule has 3 rings (SSSR count). The van der Waals surface area contributed by atoms with Crippen molar-refractivity contribution in [2.75, 3.05) is 6.61 Å². The first-order valence-electron chi connectivity index (χ1n) is 7.15. The smallest absolute Gasteiger partial charge is 0.242 e. The van der Waals surface area contributed by atoms with Crippen LogP contribution in [-0.2, 0) is 11.3 Å². The summed E-state index contributed by atoms with van der Waals surface area (Å²) in [4.78, 5) is 12.1. The summed E-state index contributed by atoms with van der Waals surface area (Å²) in [7, 11) is 0. The molecule has 0 spiro atoms. The number of aliphatic hydroxyl groups excluding tert-OH is 1. The van der Waals surface area contributed by atoms with Gasteiger partial charge in [0.15, 0.2) is 0 Å². The standard InChI is InChI=1S/C16H16N4O3/c21-11-14(15-7-4-8-23-15)17-16(22)10-20-9-13(18-19-20)12-5-2-1-3-6-12/h1-9,14,21H,10-11H2,(H,17,22). The summed E-state index contributed by atoms with van der Waals surface area (Å²) < 4.78 is 6.64. The molecule has 0 aliphatic heterocycles. The lowest BCUT2D eigenvalue weighted by molar-refractivity contribution is -0.123. The number of aliphatic hydroxyl groups is 1. The minimum Gasteiger partial charge on any atom is -0.467 e. The van der Waals surface area contributed by atoms with E-state index in [9.17, 15) is 9.90 Å². The topological polar surface area (TPSA) is 93.2 Å². The predicted molar refractivity (Wildman–Crippen MR) is 82.1 cm³/mol. The first kappa shape index (κ1) is 15.0. The molecule has 7 nitrogen and oxygen atoms in total. The Morgan fingerprint density at radius 2 is 2.09 bits per heavy atom. The van der Waals surface area contributed by atoms with Gasteiger partial charge in [0.05, 0.1) is 19.1 Å². The van der Waals surface area contributed by atoms with Gasteiger partial charge in [0.1, 0.15) is 24.0 Å². The van der Waals surface area contributed by atoms with Gasteiger partial charge < -0.3 is 14.8 Å². The molecule has 0 aliphatic rings. The summed E-state index contributed by atoms with van der Waals surface area (Å²) in [5.74, 6) is 0.217. The van der Waals surface area contributed by atoms with Crippen molar-refractivity contribution in [3.63, 3.8) is 0 Å². The Bertz CT molecular complexity index is 753. The normalized spacial score (nSPS) is 12.0. The van der Waals surface area contributed by atoms with Gasteiger partial charge in [-0.1, -0.05) is 35.5 Å². The Morgan fingerprint density at radius 1 is 1.26 bits per heavy atom. The van der Waals surface area contributed by atoms with E-state index >= 15 is 0 Å². The van der Waals surface area contributed by atoms with Crippen LogP contribution in [0, 0.1) is 0 Å². The Hall–Kier alpha value is -2.93. The number of hydrogen-bond acceptors (Lipinski definition) is 5. The van der Waals surface area contributed by atoms with Crippen LogP contribution in [0.15, 0.2) is 59.3 Å². The van der Waals surface area contributed by atoms with E-state index in [1.807, 2.05) is 30.3 Å². The molecule has 3 aromatic rings. The zero-order valence-corrected chi connectivity index (χ0v) is 12.3. The van der Waals surface area contributed by atoms with Gasteiger partial charge in [-0.2, -0.15) is 0 Å². The van der Waals surface area contributed by atoms with Crippen molar-refractivity contribution >= 4 is 5.91 Å². The quantitative estimate of drug-likeness (QED) is 0.717. The number of nitrogens with one attached hydrogen (secondary N) is 1. The molecule has 1 atom stereocenters. The number of carbonyl (C=O) groups is 1. The summed E-state index contributed by atoms with van der Waals surface area (Å²) in [6, 6.07) is 12.4. The number of hydrogen-bond donors (Lipinski definition) is 2. The first-order chi connectivity index (χ1) is 11.3. The van der Waals surface area contributed by atoms with E-state index in [-0.39, 0.29) is 19.1 Å². The van der Waals surface area contributed by atoms with E-state index in [4.69, 9.17) is 4.42 Å². The number of aromatic nitrogens is 3. The number of amides is 1. The zero-order chi connectivity index (χ0) is 16.1. The molecule has 0 bridgehead atoms. The van der Waals surface area contributed by atoms with Gasteiger partial charge in [-0.15, -0.1) is 5.10 Å². The highest BCUT2D eigenvalue weighted by Crippen LogP contribution is 2.15. The van der Waals surface area contributed by atoms with Crippen molar-refractivity contribution in [3.8, 4) is 11.3 Å². The molecular weight excluding hydrogens is 296 g/mol. The third-order valence-corrected chi connectivity index (χ3v) is 3.32. The molecule has 1 amide bonds. The molecule has 0 saturated heterocycles. The lowest BCUT2D eigenvalue weighted by atomic mass is 10.2. The van der Waals surface area contributed by atoms with Gasteiger partial charge in [-0.25, -0.2) is 4.68 Å². The molecule has 0 radical (unpaired) electrons. The zero-order valence-electron chi connectivity index (χ0n) is 12.3. The van der Waals surface area contributed by atoms with E-state index in [1.165, 1.54) is 10.9 Å². The highest BCUT2D eigenvalue weighted by atomic mass is 16.3. The number of benzene rings is 1. The van der Waals surface area contributed by atoms with Crippen LogP contribution in [0.2, 0.25) is 0 Å². The number of nitrogens with zero attached hydrogens (tertiary/aromatic N) is 3. The third kappa shape index (κ3) is 3.64. The van der Waals surface area contributed by atoms with Gasteiger partial charge in [0.25, 0.3) is 0 Å². The van der Waals surface area contributed by atoms with Crippen LogP contribution in [0.25, 0.3) is 11.3 Å². The molecule has 118 valence electrons. The number of furan rings is 1. The maximum Gasteiger partial charge on any atom is 0.242 e. The van der Waals surface area contributed by atoms with Crippen LogP contribution < -0.4 is 5.32 Å². The maximum atomic E-state index is 12.1. The van der Waals surface area contributed by atoms with Crippen molar-refractivity contribution < 1.29 is 14.3 Å². The van der Waals surface area contributed by atoms with Gasteiger partial charge in [-0.3, -0.25) is 4.79 Å². The Morgan fingerprint density at radius 3 is 2.78 bits per heavy atom. The molecule has 2 N–H and O–H groups in total. The number of carbonyl (C=O) groups excluding carboxylic acids is 1. The van der Waals surface area contributed by atoms with Crippen LogP contribution in [0.4, 0.5) is 0 Å². The van der Waals surface area contributed by atoms with Crippen LogP contribution in [0.1, 0.15) is 11.8 Å². The average molecular weight is 312 g/mol. The van der Waals surface area contributed by atoms with Crippen LogP contribution in [0.3, 0.4) is 0 Å². The highest BCUT2D eigenvalue weighted by Gasteiger charge is 2.16. The first-order valence-corrected chi connectivity index (χ1v) is 7.15. The number of rotatable bonds is 6. The third-order valence-electron chi connectivity index (χ3n) is 3.32. The fraction of sp³-hybridized carbons (Fsp3) is 0.188. The lowest BCUT2D eigenvalue weighted by Gasteiger charge is -2.13. The van der Waals surface area contributed by atoms with Gasteiger partial charge >= 0.3 is 0 Å². The lowest BCUT2D eigenvalue weighted by Crippen LogP contribution is -2.33. The fourth-order valence-electron chi connectivity index (χ4n) is 2.20. The van der Waals surface area contributed by atoms with Crippen molar-refractivity contribution in [2.24, 2.45) is 0 Å². The van der Waals surface area contributed by atoms with Crippen LogP contribution in [-0.4, -0.2) is 32.6 Å². The van der Waals surface area contributed by atoms with Crippen molar-refractivity contribution in [3.05, 3.63) is 60.7 Å². The second-order valence-corrected chi connectivity index (χ2v) is 4.99. The summed E-state index contributed by atoms with van der Waals surface area (Å²) in [6.07, 6.45) is 3.20. The van der Waals surface area contributed by atoms with Crippen LogP contribution >= 0.6 is 0 Å². The predicted octanol–water partition coefficient (Wildman–Crippen LogP) is 1.39. The minimum atomic E-state index is -0.574. The molecule has 7 heteroatoms. The molecule has 0 fully saturated rings.